The van der Waals surface area contributed by atoms with Gasteiger partial charge >= 0.3 is 0 Å². The Morgan fingerprint density at radius 1 is 1.55 bits per heavy atom. The van der Waals surface area contributed by atoms with Gasteiger partial charge in [-0.1, -0.05) is 19.1 Å². The number of sulfonamides is 1. The van der Waals surface area contributed by atoms with E-state index >= 15 is 0 Å². The van der Waals surface area contributed by atoms with Crippen molar-refractivity contribution >= 4 is 26.0 Å². The lowest BCUT2D eigenvalue weighted by atomic mass is 9.65. The molecular weight excluding hydrogens is 348 g/mol. The molecule has 1 N–H and O–H groups in total. The molecule has 0 aromatic carbocycles. The molecule has 0 aliphatic heterocycles. The van der Waals surface area contributed by atoms with Crippen LogP contribution in [-0.2, 0) is 21.8 Å². The van der Waals surface area contributed by atoms with Gasteiger partial charge in [0.1, 0.15) is 0 Å². The standard InChI is InChI=1S/C11H19BrN4O3S/c1-5-19-8-6-7(11(8,2)3)14-20(17,18)10-9(12)13-15-16(10)4/h7-8,14H,5-6H2,1-4H3. The molecule has 20 heavy (non-hydrogen) atoms. The zero-order chi connectivity index (χ0) is 15.1. The van der Waals surface area contributed by atoms with Crippen LogP contribution in [0, 0.1) is 5.41 Å². The smallest absolute Gasteiger partial charge is 0.260 e. The van der Waals surface area contributed by atoms with Crippen LogP contribution in [0.15, 0.2) is 9.63 Å². The zero-order valence-electron chi connectivity index (χ0n) is 11.9. The van der Waals surface area contributed by atoms with E-state index in [0.29, 0.717) is 13.0 Å². The fourth-order valence-electron chi connectivity index (χ4n) is 2.42. The quantitative estimate of drug-likeness (QED) is 0.841. The molecule has 2 unspecified atom stereocenters. The van der Waals surface area contributed by atoms with Crippen LogP contribution in [0.2, 0.25) is 0 Å². The molecule has 1 aliphatic rings. The lowest BCUT2D eigenvalue weighted by molar-refractivity contribution is -0.108. The monoisotopic (exact) mass is 366 g/mol. The highest BCUT2D eigenvalue weighted by Crippen LogP contribution is 2.43. The van der Waals surface area contributed by atoms with Gasteiger partial charge in [0.05, 0.1) is 6.10 Å². The number of nitrogens with one attached hydrogen (secondary N) is 1. The Bertz CT molecular complexity index is 579. The minimum atomic E-state index is -3.66. The molecule has 0 radical (unpaired) electrons. The van der Waals surface area contributed by atoms with Crippen LogP contribution in [0.25, 0.3) is 0 Å². The maximum absolute atomic E-state index is 12.4. The van der Waals surface area contributed by atoms with Gasteiger partial charge < -0.3 is 4.74 Å². The van der Waals surface area contributed by atoms with Crippen molar-refractivity contribution in [3.63, 3.8) is 0 Å². The average Bonchev–Trinajstić information content (AvgIpc) is 2.68. The second-order valence-electron chi connectivity index (χ2n) is 5.48. The van der Waals surface area contributed by atoms with Crippen LogP contribution >= 0.6 is 15.9 Å². The normalized spacial score (nSPS) is 25.4. The Labute approximate surface area is 127 Å². The van der Waals surface area contributed by atoms with Gasteiger partial charge in [0.2, 0.25) is 5.03 Å². The third kappa shape index (κ3) is 2.63. The maximum Gasteiger partial charge on any atom is 0.260 e. The predicted octanol–water partition coefficient (Wildman–Crippen LogP) is 1.06. The number of halogens is 1. The van der Waals surface area contributed by atoms with E-state index in [1.165, 1.54) is 4.68 Å². The third-order valence-corrected chi connectivity index (χ3v) is 6.19. The molecule has 1 fully saturated rings. The number of nitrogens with zero attached hydrogens (tertiary/aromatic N) is 3. The first-order valence-corrected chi connectivity index (χ1v) is 8.67. The molecule has 1 saturated carbocycles. The van der Waals surface area contributed by atoms with Gasteiger partial charge in [-0.3, -0.25) is 0 Å². The van der Waals surface area contributed by atoms with Gasteiger partial charge in [-0.25, -0.2) is 17.8 Å². The number of aryl methyl sites for hydroxylation is 1. The number of hydrogen-bond acceptors (Lipinski definition) is 5. The summed E-state index contributed by atoms with van der Waals surface area (Å²) >= 11 is 3.11. The van der Waals surface area contributed by atoms with Crippen LogP contribution in [0.1, 0.15) is 27.2 Å². The van der Waals surface area contributed by atoms with Crippen LogP contribution in [-0.4, -0.2) is 42.2 Å². The molecule has 7 nitrogen and oxygen atoms in total. The van der Waals surface area contributed by atoms with Crippen LogP contribution in [0.3, 0.4) is 0 Å². The van der Waals surface area contributed by atoms with Crippen molar-refractivity contribution in [3.8, 4) is 0 Å². The lowest BCUT2D eigenvalue weighted by Gasteiger charge is -2.51. The van der Waals surface area contributed by atoms with Crippen LogP contribution in [0.4, 0.5) is 0 Å². The summed E-state index contributed by atoms with van der Waals surface area (Å²) in [5, 5.41) is 7.43. The number of ether oxygens (including phenoxy) is 1. The molecule has 0 amide bonds. The average molecular weight is 367 g/mol. The molecule has 2 atom stereocenters. The van der Waals surface area contributed by atoms with E-state index in [4.69, 9.17) is 4.74 Å². The SMILES string of the molecule is CCOC1CC(NS(=O)(=O)c2c(Br)nnn2C)C1(C)C. The van der Waals surface area contributed by atoms with Crippen molar-refractivity contribution in [2.24, 2.45) is 12.5 Å². The molecule has 9 heteroatoms. The van der Waals surface area contributed by atoms with E-state index in [1.54, 1.807) is 7.05 Å². The molecule has 1 aromatic heterocycles. The molecule has 1 heterocycles. The molecule has 2 rings (SSSR count). The first-order valence-electron chi connectivity index (χ1n) is 6.39. The summed E-state index contributed by atoms with van der Waals surface area (Å²) in [6.45, 7) is 6.57. The summed E-state index contributed by atoms with van der Waals surface area (Å²) in [6.07, 6.45) is 0.747. The summed E-state index contributed by atoms with van der Waals surface area (Å²) in [6, 6.07) is -0.161. The Balaban J connectivity index is 2.16. The van der Waals surface area contributed by atoms with Crippen LogP contribution in [0.5, 0.6) is 0 Å². The van der Waals surface area contributed by atoms with Crippen molar-refractivity contribution in [2.75, 3.05) is 6.61 Å². The summed E-state index contributed by atoms with van der Waals surface area (Å²) in [7, 11) is -2.12. The predicted molar refractivity (Wildman–Crippen MR) is 76.6 cm³/mol. The van der Waals surface area contributed by atoms with E-state index in [9.17, 15) is 8.42 Å². The number of hydrogen-bond donors (Lipinski definition) is 1. The topological polar surface area (TPSA) is 86.1 Å². The Kier molecular flexibility index (Phi) is 4.25. The van der Waals surface area contributed by atoms with Gasteiger partial charge in [-0.15, -0.1) is 5.10 Å². The largest absolute Gasteiger partial charge is 0.378 e. The molecule has 1 aromatic rings. The highest BCUT2D eigenvalue weighted by atomic mass is 79.9. The van der Waals surface area contributed by atoms with Gasteiger partial charge in [0.15, 0.2) is 4.60 Å². The number of aromatic nitrogens is 3. The Morgan fingerprint density at radius 3 is 2.65 bits per heavy atom. The molecule has 114 valence electrons. The zero-order valence-corrected chi connectivity index (χ0v) is 14.3. The second kappa shape index (κ2) is 5.36. The molecule has 0 bridgehead atoms. The molecule has 1 aliphatic carbocycles. The van der Waals surface area contributed by atoms with Crippen molar-refractivity contribution in [3.05, 3.63) is 4.60 Å². The van der Waals surface area contributed by atoms with Gasteiger partial charge in [-0.05, 0) is 29.3 Å². The third-order valence-electron chi connectivity index (χ3n) is 3.83. The molecular formula is C11H19BrN4O3S. The maximum atomic E-state index is 12.4. The minimum absolute atomic E-state index is 0.0353. The lowest BCUT2D eigenvalue weighted by Crippen LogP contribution is -2.62. The molecule has 0 spiro atoms. The van der Waals surface area contributed by atoms with Crippen molar-refractivity contribution < 1.29 is 13.2 Å². The Hall–Kier alpha value is -0.510. The highest BCUT2D eigenvalue weighted by Gasteiger charge is 2.50. The van der Waals surface area contributed by atoms with Gasteiger partial charge in [0, 0.05) is 25.1 Å². The number of rotatable bonds is 5. The first kappa shape index (κ1) is 15.9. The van der Waals surface area contributed by atoms with Gasteiger partial charge in [0.25, 0.3) is 10.0 Å². The van der Waals surface area contributed by atoms with Crippen molar-refractivity contribution in [1.82, 2.24) is 19.7 Å². The van der Waals surface area contributed by atoms with Crippen molar-refractivity contribution in [1.29, 1.82) is 0 Å². The first-order chi connectivity index (χ1) is 9.20. The van der Waals surface area contributed by atoms with E-state index in [-0.39, 0.29) is 27.2 Å². The van der Waals surface area contributed by atoms with Crippen LogP contribution < -0.4 is 4.72 Å². The fraction of sp³-hybridized carbons (Fsp3) is 0.818. The second-order valence-corrected chi connectivity index (χ2v) is 7.86. The van der Waals surface area contributed by atoms with E-state index in [0.717, 1.165) is 0 Å². The summed E-state index contributed by atoms with van der Waals surface area (Å²) < 4.78 is 34.6. The summed E-state index contributed by atoms with van der Waals surface area (Å²) in [5.74, 6) is 0. The van der Waals surface area contributed by atoms with Crippen molar-refractivity contribution in [2.45, 2.75) is 44.4 Å². The fourth-order valence-corrected chi connectivity index (χ4v) is 4.92. The summed E-state index contributed by atoms with van der Waals surface area (Å²) in [4.78, 5) is 0. The molecule has 0 saturated heterocycles. The highest BCUT2D eigenvalue weighted by molar-refractivity contribution is 9.10. The Morgan fingerprint density at radius 2 is 2.20 bits per heavy atom. The van der Waals surface area contributed by atoms with E-state index < -0.39 is 10.0 Å². The van der Waals surface area contributed by atoms with E-state index in [1.807, 2.05) is 20.8 Å². The minimum Gasteiger partial charge on any atom is -0.378 e. The van der Waals surface area contributed by atoms with E-state index in [2.05, 4.69) is 31.0 Å². The summed E-state index contributed by atoms with van der Waals surface area (Å²) in [5.41, 5.74) is -0.235. The van der Waals surface area contributed by atoms with Gasteiger partial charge in [-0.2, -0.15) is 0 Å².